The molecule has 0 aliphatic carbocycles. The number of carbonyl (C=O) groups excluding carboxylic acids is 1. The number of nitrogens with one attached hydrogen (secondary N) is 2. The van der Waals surface area contributed by atoms with Crippen LogP contribution in [0.5, 0.6) is 0 Å². The number of rotatable bonds is 7. The predicted molar refractivity (Wildman–Crippen MR) is 79.4 cm³/mol. The molecule has 0 aromatic carbocycles. The van der Waals surface area contributed by atoms with Crippen molar-refractivity contribution in [2.75, 3.05) is 37.1 Å². The number of aliphatic hydroxyl groups excluding tert-OH is 2. The highest BCUT2D eigenvalue weighted by Gasteiger charge is 2.07. The van der Waals surface area contributed by atoms with Gasteiger partial charge in [0.2, 0.25) is 0 Å². The molecule has 10 heteroatoms. The van der Waals surface area contributed by atoms with E-state index in [4.69, 9.17) is 5.11 Å². The SMILES string of the molecule is CC(O)CN(C)c1ccc(NNC(=O)OCCO)nn1.Cl. The van der Waals surface area contributed by atoms with Gasteiger partial charge in [-0.1, -0.05) is 0 Å². The molecule has 1 aromatic rings. The Bertz CT molecular complexity index is 418. The highest BCUT2D eigenvalue weighted by atomic mass is 35.5. The monoisotopic (exact) mass is 321 g/mol. The van der Waals surface area contributed by atoms with Gasteiger partial charge in [0.25, 0.3) is 0 Å². The lowest BCUT2D eigenvalue weighted by Crippen LogP contribution is -2.31. The Hall–Kier alpha value is -1.84. The van der Waals surface area contributed by atoms with Gasteiger partial charge in [0.15, 0.2) is 11.6 Å². The second-order valence-electron chi connectivity index (χ2n) is 4.12. The van der Waals surface area contributed by atoms with Crippen molar-refractivity contribution in [2.45, 2.75) is 13.0 Å². The molecule has 9 nitrogen and oxygen atoms in total. The lowest BCUT2D eigenvalue weighted by Gasteiger charge is -2.19. The number of aliphatic hydroxyl groups is 2. The van der Waals surface area contributed by atoms with E-state index in [1.165, 1.54) is 0 Å². The zero-order valence-electron chi connectivity index (χ0n) is 11.8. The van der Waals surface area contributed by atoms with Gasteiger partial charge in [0, 0.05) is 13.6 Å². The average molecular weight is 322 g/mol. The first kappa shape index (κ1) is 19.2. The first-order valence-electron chi connectivity index (χ1n) is 6.05. The first-order chi connectivity index (χ1) is 9.52. The molecule has 1 unspecified atom stereocenters. The van der Waals surface area contributed by atoms with Gasteiger partial charge >= 0.3 is 6.09 Å². The van der Waals surface area contributed by atoms with E-state index < -0.39 is 12.2 Å². The standard InChI is InChI=1S/C11H19N5O4.ClH/c1-8(18)7-16(2)10-4-3-9(12-14-10)13-15-11(19)20-6-5-17;/h3-4,8,17-18H,5-7H2,1-2H3,(H,12,13)(H,15,19);1H. The van der Waals surface area contributed by atoms with Crippen LogP contribution in [0.15, 0.2) is 12.1 Å². The number of nitrogens with zero attached hydrogens (tertiary/aromatic N) is 3. The second kappa shape index (κ2) is 9.97. The van der Waals surface area contributed by atoms with E-state index in [1.54, 1.807) is 31.0 Å². The summed E-state index contributed by atoms with van der Waals surface area (Å²) in [5.41, 5.74) is 4.75. The number of amides is 1. The maximum absolute atomic E-state index is 11.1. The van der Waals surface area contributed by atoms with Crippen LogP contribution in [0.3, 0.4) is 0 Å². The quantitative estimate of drug-likeness (QED) is 0.508. The van der Waals surface area contributed by atoms with Crippen molar-refractivity contribution < 1.29 is 19.7 Å². The summed E-state index contributed by atoms with van der Waals surface area (Å²) >= 11 is 0. The number of likely N-dealkylation sites (N-methyl/N-ethyl adjacent to an activating group) is 1. The van der Waals surface area contributed by atoms with Gasteiger partial charge in [-0.05, 0) is 19.1 Å². The Morgan fingerprint density at radius 3 is 2.71 bits per heavy atom. The summed E-state index contributed by atoms with van der Waals surface area (Å²) in [5, 5.41) is 25.5. The summed E-state index contributed by atoms with van der Waals surface area (Å²) in [6.45, 7) is 1.80. The number of carbonyl (C=O) groups is 1. The zero-order chi connectivity index (χ0) is 15.0. The van der Waals surface area contributed by atoms with Crippen molar-refractivity contribution in [1.29, 1.82) is 0 Å². The fraction of sp³-hybridized carbons (Fsp3) is 0.545. The molecule has 1 heterocycles. The maximum atomic E-state index is 11.1. The van der Waals surface area contributed by atoms with Gasteiger partial charge in [0.1, 0.15) is 6.61 Å². The fourth-order valence-electron chi connectivity index (χ4n) is 1.37. The Morgan fingerprint density at radius 1 is 1.48 bits per heavy atom. The van der Waals surface area contributed by atoms with Crippen LogP contribution in [0, 0.1) is 0 Å². The van der Waals surface area contributed by atoms with Crippen LogP contribution in [0.4, 0.5) is 16.4 Å². The second-order valence-corrected chi connectivity index (χ2v) is 4.12. The van der Waals surface area contributed by atoms with E-state index in [0.29, 0.717) is 18.2 Å². The van der Waals surface area contributed by atoms with E-state index in [0.717, 1.165) is 0 Å². The molecule has 0 fully saturated rings. The minimum absolute atomic E-state index is 0. The minimum Gasteiger partial charge on any atom is -0.446 e. The summed E-state index contributed by atoms with van der Waals surface area (Å²) in [5.74, 6) is 0.930. The van der Waals surface area contributed by atoms with E-state index in [2.05, 4.69) is 25.8 Å². The third-order valence-corrected chi connectivity index (χ3v) is 2.20. The van der Waals surface area contributed by atoms with Gasteiger partial charge in [-0.25, -0.2) is 10.2 Å². The van der Waals surface area contributed by atoms with Crippen molar-refractivity contribution >= 4 is 30.1 Å². The lowest BCUT2D eigenvalue weighted by molar-refractivity contribution is 0.121. The molecule has 120 valence electrons. The van der Waals surface area contributed by atoms with E-state index in [-0.39, 0.29) is 25.6 Å². The Labute approximate surface area is 128 Å². The van der Waals surface area contributed by atoms with E-state index in [1.807, 2.05) is 0 Å². The zero-order valence-corrected chi connectivity index (χ0v) is 12.6. The molecule has 0 aliphatic rings. The lowest BCUT2D eigenvalue weighted by atomic mass is 10.3. The average Bonchev–Trinajstić information content (AvgIpc) is 2.42. The molecule has 1 amide bonds. The van der Waals surface area contributed by atoms with Crippen molar-refractivity contribution in [3.63, 3.8) is 0 Å². The van der Waals surface area contributed by atoms with Crippen molar-refractivity contribution in [2.24, 2.45) is 0 Å². The molecule has 4 N–H and O–H groups in total. The molecule has 1 aromatic heterocycles. The van der Waals surface area contributed by atoms with E-state index in [9.17, 15) is 9.90 Å². The third kappa shape index (κ3) is 7.49. The summed E-state index contributed by atoms with van der Waals surface area (Å²) in [6.07, 6.45) is -1.20. The Morgan fingerprint density at radius 2 is 2.19 bits per heavy atom. The summed E-state index contributed by atoms with van der Waals surface area (Å²) in [6, 6.07) is 3.31. The van der Waals surface area contributed by atoms with Gasteiger partial charge in [0.05, 0.1) is 12.7 Å². The maximum Gasteiger partial charge on any atom is 0.426 e. The van der Waals surface area contributed by atoms with Gasteiger partial charge in [-0.2, -0.15) is 0 Å². The third-order valence-electron chi connectivity index (χ3n) is 2.20. The van der Waals surface area contributed by atoms with Gasteiger partial charge in [-0.15, -0.1) is 22.6 Å². The summed E-state index contributed by atoms with van der Waals surface area (Å²) < 4.78 is 4.57. The smallest absolute Gasteiger partial charge is 0.426 e. The van der Waals surface area contributed by atoms with E-state index >= 15 is 0 Å². The number of anilines is 2. The van der Waals surface area contributed by atoms with Crippen molar-refractivity contribution in [3.05, 3.63) is 12.1 Å². The molecule has 0 bridgehead atoms. The molecule has 1 atom stereocenters. The number of ether oxygens (including phenoxy) is 1. The Kier molecular flexibility index (Phi) is 9.10. The first-order valence-corrected chi connectivity index (χ1v) is 6.05. The molecular weight excluding hydrogens is 302 g/mol. The molecule has 1 rings (SSSR count). The van der Waals surface area contributed by atoms with Gasteiger partial charge < -0.3 is 19.8 Å². The topological polar surface area (TPSA) is 120 Å². The minimum atomic E-state index is -0.726. The number of aromatic nitrogens is 2. The highest BCUT2D eigenvalue weighted by molar-refractivity contribution is 5.85. The molecular formula is C11H20ClN5O4. The molecule has 0 spiro atoms. The van der Waals surface area contributed by atoms with Crippen LogP contribution in [-0.2, 0) is 4.74 Å². The molecule has 0 aliphatic heterocycles. The van der Waals surface area contributed by atoms with Gasteiger partial charge in [-0.3, -0.25) is 5.43 Å². The summed E-state index contributed by atoms with van der Waals surface area (Å²) in [4.78, 5) is 12.8. The predicted octanol–water partition coefficient (Wildman–Crippen LogP) is -0.239. The molecule has 21 heavy (non-hydrogen) atoms. The number of hydrogen-bond donors (Lipinski definition) is 4. The van der Waals surface area contributed by atoms with Crippen LogP contribution in [0.1, 0.15) is 6.92 Å². The summed E-state index contributed by atoms with van der Waals surface area (Å²) in [7, 11) is 1.79. The van der Waals surface area contributed by atoms with Crippen LogP contribution in [0.2, 0.25) is 0 Å². The van der Waals surface area contributed by atoms with Crippen LogP contribution >= 0.6 is 12.4 Å². The largest absolute Gasteiger partial charge is 0.446 e. The number of hydrazine groups is 1. The normalized spacial score (nSPS) is 11.0. The number of hydrogen-bond acceptors (Lipinski definition) is 8. The molecule has 0 saturated heterocycles. The molecule has 0 radical (unpaired) electrons. The fourth-order valence-corrected chi connectivity index (χ4v) is 1.37. The van der Waals surface area contributed by atoms with Crippen LogP contribution in [-0.4, -0.2) is 59.4 Å². The molecule has 0 saturated carbocycles. The highest BCUT2D eigenvalue weighted by Crippen LogP contribution is 2.09. The van der Waals surface area contributed by atoms with Crippen molar-refractivity contribution in [3.8, 4) is 0 Å². The van der Waals surface area contributed by atoms with Crippen LogP contribution < -0.4 is 15.8 Å². The Balaban J connectivity index is 0.00000400. The van der Waals surface area contributed by atoms with Crippen molar-refractivity contribution in [1.82, 2.24) is 15.6 Å². The number of halogens is 1. The van der Waals surface area contributed by atoms with Crippen LogP contribution in [0.25, 0.3) is 0 Å².